The topological polar surface area (TPSA) is 72.8 Å². The van der Waals surface area contributed by atoms with Gasteiger partial charge in [-0.05, 0) is 55.5 Å². The van der Waals surface area contributed by atoms with Crippen molar-refractivity contribution in [2.75, 3.05) is 27.3 Å². The second-order valence-electron chi connectivity index (χ2n) is 9.78. The molecule has 0 saturated heterocycles. The highest BCUT2D eigenvalue weighted by molar-refractivity contribution is 6.03. The summed E-state index contributed by atoms with van der Waals surface area (Å²) in [5.41, 5.74) is 1.58. The minimum absolute atomic E-state index is 0.123. The predicted molar refractivity (Wildman–Crippen MR) is 137 cm³/mol. The molecule has 0 bridgehead atoms. The third kappa shape index (κ3) is 4.72. The van der Waals surface area contributed by atoms with Gasteiger partial charge in [0.05, 0.1) is 20.8 Å². The van der Waals surface area contributed by atoms with Crippen LogP contribution in [0.4, 0.5) is 0 Å². The van der Waals surface area contributed by atoms with Gasteiger partial charge in [-0.2, -0.15) is 0 Å². The molecular formula is C28H35N3O4. The fourth-order valence-electron chi connectivity index (χ4n) is 4.80. The molecule has 0 spiro atoms. The number of ether oxygens (including phenoxy) is 2. The highest BCUT2D eigenvalue weighted by atomic mass is 16.5. The molecule has 1 aliphatic heterocycles. The number of amides is 2. The molecule has 0 saturated carbocycles. The van der Waals surface area contributed by atoms with Crippen LogP contribution in [-0.4, -0.2) is 54.1 Å². The molecule has 1 unspecified atom stereocenters. The Morgan fingerprint density at radius 3 is 2.54 bits per heavy atom. The van der Waals surface area contributed by atoms with E-state index in [0.717, 1.165) is 22.9 Å². The highest BCUT2D eigenvalue weighted by Gasteiger charge is 2.47. The number of methoxy groups -OCH3 is 2. The summed E-state index contributed by atoms with van der Waals surface area (Å²) in [5, 5.41) is 4.09. The predicted octanol–water partition coefficient (Wildman–Crippen LogP) is 4.28. The number of hydrogen-bond acceptors (Lipinski definition) is 4. The van der Waals surface area contributed by atoms with Gasteiger partial charge in [0.25, 0.3) is 5.91 Å². The zero-order chi connectivity index (χ0) is 25.2. The van der Waals surface area contributed by atoms with Crippen LogP contribution in [0.3, 0.4) is 0 Å². The SMILES string of the molecule is COc1ccc(CCN2C(=O)c3cc4ccccc4n3CC2(C)C(=O)NCCC(C)C)cc1OC. The summed E-state index contributed by atoms with van der Waals surface area (Å²) < 4.78 is 12.8. The maximum Gasteiger partial charge on any atom is 0.271 e. The van der Waals surface area contributed by atoms with Crippen molar-refractivity contribution in [2.24, 2.45) is 5.92 Å². The Bertz CT molecular complexity index is 1230. The van der Waals surface area contributed by atoms with E-state index in [1.807, 2.05) is 60.0 Å². The first-order valence-electron chi connectivity index (χ1n) is 12.2. The fourth-order valence-corrected chi connectivity index (χ4v) is 4.80. The number of para-hydroxylation sites is 1. The molecule has 4 rings (SSSR count). The van der Waals surface area contributed by atoms with E-state index in [0.29, 0.717) is 49.2 Å². The lowest BCUT2D eigenvalue weighted by atomic mass is 9.93. The number of nitrogens with zero attached hydrogens (tertiary/aromatic N) is 2. The van der Waals surface area contributed by atoms with Gasteiger partial charge in [-0.1, -0.05) is 38.1 Å². The molecule has 1 atom stereocenters. The fraction of sp³-hybridized carbons (Fsp3) is 0.429. The third-order valence-corrected chi connectivity index (χ3v) is 6.91. The van der Waals surface area contributed by atoms with Crippen LogP contribution in [0.5, 0.6) is 11.5 Å². The van der Waals surface area contributed by atoms with Crippen molar-refractivity contribution in [2.45, 2.75) is 45.7 Å². The van der Waals surface area contributed by atoms with E-state index < -0.39 is 5.54 Å². The maximum absolute atomic E-state index is 13.8. The van der Waals surface area contributed by atoms with Crippen molar-refractivity contribution in [3.63, 3.8) is 0 Å². The molecule has 1 N–H and O–H groups in total. The minimum atomic E-state index is -1.01. The van der Waals surface area contributed by atoms with Gasteiger partial charge in [0.15, 0.2) is 11.5 Å². The largest absolute Gasteiger partial charge is 0.493 e. The van der Waals surface area contributed by atoms with Gasteiger partial charge in [0, 0.05) is 24.0 Å². The van der Waals surface area contributed by atoms with Gasteiger partial charge >= 0.3 is 0 Å². The first kappa shape index (κ1) is 24.6. The number of nitrogens with one attached hydrogen (secondary N) is 1. The molecule has 35 heavy (non-hydrogen) atoms. The summed E-state index contributed by atoms with van der Waals surface area (Å²) in [6, 6.07) is 15.6. The van der Waals surface area contributed by atoms with E-state index in [2.05, 4.69) is 19.2 Å². The summed E-state index contributed by atoms with van der Waals surface area (Å²) in [6.45, 7) is 7.54. The highest BCUT2D eigenvalue weighted by Crippen LogP contribution is 2.33. The van der Waals surface area contributed by atoms with Crippen LogP contribution in [0.1, 0.15) is 43.2 Å². The maximum atomic E-state index is 13.8. The number of aromatic nitrogens is 1. The van der Waals surface area contributed by atoms with Crippen LogP contribution in [-0.2, 0) is 17.8 Å². The van der Waals surface area contributed by atoms with E-state index in [9.17, 15) is 9.59 Å². The molecule has 0 fully saturated rings. The molecule has 3 aromatic rings. The van der Waals surface area contributed by atoms with Crippen LogP contribution in [0.25, 0.3) is 10.9 Å². The molecule has 0 aliphatic carbocycles. The van der Waals surface area contributed by atoms with Gasteiger partial charge in [-0.3, -0.25) is 9.59 Å². The normalized spacial score (nSPS) is 17.5. The monoisotopic (exact) mass is 477 g/mol. The third-order valence-electron chi connectivity index (χ3n) is 6.91. The second-order valence-corrected chi connectivity index (χ2v) is 9.78. The van der Waals surface area contributed by atoms with Crippen molar-refractivity contribution in [3.05, 3.63) is 59.8 Å². The van der Waals surface area contributed by atoms with Crippen molar-refractivity contribution < 1.29 is 19.1 Å². The van der Waals surface area contributed by atoms with Crippen LogP contribution >= 0.6 is 0 Å². The summed E-state index contributed by atoms with van der Waals surface area (Å²) in [4.78, 5) is 29.1. The molecule has 1 aromatic heterocycles. The van der Waals surface area contributed by atoms with Gasteiger partial charge in [-0.15, -0.1) is 0 Å². The molecule has 7 heteroatoms. The molecule has 1 aliphatic rings. The van der Waals surface area contributed by atoms with Crippen LogP contribution in [0.15, 0.2) is 48.5 Å². The number of hydrogen-bond donors (Lipinski definition) is 1. The van der Waals surface area contributed by atoms with Crippen molar-refractivity contribution in [3.8, 4) is 11.5 Å². The van der Waals surface area contributed by atoms with E-state index in [1.54, 1.807) is 19.1 Å². The average Bonchev–Trinajstić information content (AvgIpc) is 3.22. The molecule has 0 radical (unpaired) electrons. The Hall–Kier alpha value is -3.48. The standard InChI is InChI=1S/C28H35N3O4/c1-19(2)12-14-29-27(33)28(3)18-30-22-9-7-6-8-21(22)17-23(30)26(32)31(28)15-13-20-10-11-24(34-4)25(16-20)35-5/h6-11,16-17,19H,12-15,18H2,1-5H3,(H,29,33). The number of rotatable bonds is 9. The van der Waals surface area contributed by atoms with Gasteiger partial charge in [0.1, 0.15) is 11.2 Å². The molecular weight excluding hydrogens is 442 g/mol. The zero-order valence-electron chi connectivity index (χ0n) is 21.3. The zero-order valence-corrected chi connectivity index (χ0v) is 21.3. The quantitative estimate of drug-likeness (QED) is 0.499. The number of carbonyl (C=O) groups excluding carboxylic acids is 2. The lowest BCUT2D eigenvalue weighted by Gasteiger charge is -2.44. The Morgan fingerprint density at radius 1 is 1.09 bits per heavy atom. The van der Waals surface area contributed by atoms with Crippen LogP contribution in [0.2, 0.25) is 0 Å². The Morgan fingerprint density at radius 2 is 1.83 bits per heavy atom. The van der Waals surface area contributed by atoms with E-state index in [1.165, 1.54) is 0 Å². The van der Waals surface area contributed by atoms with E-state index in [4.69, 9.17) is 9.47 Å². The second kappa shape index (κ2) is 10.0. The summed E-state index contributed by atoms with van der Waals surface area (Å²) in [5.74, 6) is 1.53. The first-order chi connectivity index (χ1) is 16.8. The average molecular weight is 478 g/mol. The molecule has 186 valence electrons. The van der Waals surface area contributed by atoms with Gasteiger partial charge < -0.3 is 24.3 Å². The lowest BCUT2D eigenvalue weighted by Crippen LogP contribution is -2.64. The van der Waals surface area contributed by atoms with Crippen LogP contribution < -0.4 is 14.8 Å². The van der Waals surface area contributed by atoms with Crippen molar-refractivity contribution in [1.82, 2.24) is 14.8 Å². The summed E-state index contributed by atoms with van der Waals surface area (Å²) in [6.07, 6.45) is 1.47. The molecule has 2 aromatic carbocycles. The number of carbonyl (C=O) groups is 2. The van der Waals surface area contributed by atoms with Gasteiger partial charge in [0.2, 0.25) is 5.91 Å². The molecule has 7 nitrogen and oxygen atoms in total. The smallest absolute Gasteiger partial charge is 0.271 e. The minimum Gasteiger partial charge on any atom is -0.493 e. The lowest BCUT2D eigenvalue weighted by molar-refractivity contribution is -0.132. The van der Waals surface area contributed by atoms with Crippen molar-refractivity contribution in [1.29, 1.82) is 0 Å². The van der Waals surface area contributed by atoms with E-state index >= 15 is 0 Å². The van der Waals surface area contributed by atoms with Gasteiger partial charge in [-0.25, -0.2) is 0 Å². The molecule has 2 amide bonds. The number of benzene rings is 2. The van der Waals surface area contributed by atoms with Crippen LogP contribution in [0, 0.1) is 5.92 Å². The Labute approximate surface area is 207 Å². The molecule has 2 heterocycles. The van der Waals surface area contributed by atoms with Crippen molar-refractivity contribution >= 4 is 22.7 Å². The summed E-state index contributed by atoms with van der Waals surface area (Å²) >= 11 is 0. The van der Waals surface area contributed by atoms with E-state index in [-0.39, 0.29) is 11.8 Å². The number of fused-ring (bicyclic) bond motifs is 3. The summed E-state index contributed by atoms with van der Waals surface area (Å²) in [7, 11) is 3.21. The Balaban J connectivity index is 1.66. The first-order valence-corrected chi connectivity index (χ1v) is 12.2. The Kier molecular flexibility index (Phi) is 7.05.